The van der Waals surface area contributed by atoms with Crippen LogP contribution in [0.1, 0.15) is 28.9 Å². The smallest absolute Gasteiger partial charge is 0.337 e. The number of carbonyl (C=O) groups excluding carboxylic acids is 2. The van der Waals surface area contributed by atoms with Crippen LogP contribution in [0.4, 0.5) is 4.39 Å². The van der Waals surface area contributed by atoms with E-state index in [9.17, 15) is 24.2 Å². The summed E-state index contributed by atoms with van der Waals surface area (Å²) in [7, 11) is 1.17. The molecule has 0 saturated heterocycles. The van der Waals surface area contributed by atoms with Crippen molar-refractivity contribution in [2.75, 3.05) is 12.9 Å². The van der Waals surface area contributed by atoms with E-state index in [1.165, 1.54) is 26.2 Å². The molecule has 7 heteroatoms. The molecule has 0 fully saturated rings. The van der Waals surface area contributed by atoms with Crippen molar-refractivity contribution in [2.24, 2.45) is 0 Å². The van der Waals surface area contributed by atoms with E-state index in [0.717, 1.165) is 17.8 Å². The number of halogens is 1. The molecular formula is C13H15FO5S. The summed E-state index contributed by atoms with van der Waals surface area (Å²) in [6, 6.07) is 3.42. The van der Waals surface area contributed by atoms with Crippen molar-refractivity contribution in [3.8, 4) is 0 Å². The first-order valence-corrected chi connectivity index (χ1v) is 6.72. The molecule has 2 unspecified atom stereocenters. The van der Waals surface area contributed by atoms with Gasteiger partial charge in [-0.15, -0.1) is 0 Å². The highest BCUT2D eigenvalue weighted by Gasteiger charge is 2.23. The topological polar surface area (TPSA) is 83.8 Å². The summed E-state index contributed by atoms with van der Waals surface area (Å²) in [5.41, 5.74) is -0.136. The summed E-state index contributed by atoms with van der Waals surface area (Å²) in [6.07, 6.45) is -2.77. The molecule has 0 aliphatic carbocycles. The SMILES string of the molecule is COC(=O)c1ccc(C(O)C(O)CSC(C)=O)c(F)c1. The molecule has 0 radical (unpaired) electrons. The van der Waals surface area contributed by atoms with Crippen molar-refractivity contribution >= 4 is 22.8 Å². The van der Waals surface area contributed by atoms with Gasteiger partial charge in [-0.2, -0.15) is 0 Å². The highest BCUT2D eigenvalue weighted by atomic mass is 32.2. The van der Waals surface area contributed by atoms with E-state index in [1.54, 1.807) is 0 Å². The van der Waals surface area contributed by atoms with Crippen LogP contribution in [0.15, 0.2) is 18.2 Å². The minimum Gasteiger partial charge on any atom is -0.465 e. The van der Waals surface area contributed by atoms with Gasteiger partial charge in [-0.05, 0) is 12.1 Å². The standard InChI is InChI=1S/C13H15FO5S/c1-7(15)20-6-11(16)12(17)9-4-3-8(5-10(9)14)13(18)19-2/h3-5,11-12,16-17H,6H2,1-2H3. The van der Waals surface area contributed by atoms with Crippen LogP contribution in [-0.2, 0) is 9.53 Å². The zero-order valence-corrected chi connectivity index (χ0v) is 11.8. The first-order chi connectivity index (χ1) is 9.36. The number of carbonyl (C=O) groups is 2. The number of ether oxygens (including phenoxy) is 1. The molecule has 0 aliphatic rings. The number of aliphatic hydroxyl groups excluding tert-OH is 2. The van der Waals surface area contributed by atoms with Crippen molar-refractivity contribution in [1.82, 2.24) is 0 Å². The van der Waals surface area contributed by atoms with Gasteiger partial charge in [0.2, 0.25) is 0 Å². The number of hydrogen-bond donors (Lipinski definition) is 2. The summed E-state index contributed by atoms with van der Waals surface area (Å²) < 4.78 is 18.2. The molecule has 0 spiro atoms. The molecule has 0 amide bonds. The average Bonchev–Trinajstić information content (AvgIpc) is 2.42. The number of methoxy groups -OCH3 is 1. The van der Waals surface area contributed by atoms with Crippen LogP contribution >= 0.6 is 11.8 Å². The van der Waals surface area contributed by atoms with Crippen LogP contribution in [0.3, 0.4) is 0 Å². The van der Waals surface area contributed by atoms with Crippen molar-refractivity contribution < 1.29 is 28.9 Å². The van der Waals surface area contributed by atoms with Gasteiger partial charge in [0.1, 0.15) is 11.9 Å². The Morgan fingerprint density at radius 3 is 2.55 bits per heavy atom. The highest BCUT2D eigenvalue weighted by Crippen LogP contribution is 2.23. The summed E-state index contributed by atoms with van der Waals surface area (Å²) in [4.78, 5) is 22.0. The second kappa shape index (κ2) is 7.37. The fourth-order valence-electron chi connectivity index (χ4n) is 1.51. The number of rotatable bonds is 5. The van der Waals surface area contributed by atoms with Crippen LogP contribution in [0.25, 0.3) is 0 Å². The Kier molecular flexibility index (Phi) is 6.12. The number of benzene rings is 1. The zero-order valence-electron chi connectivity index (χ0n) is 11.0. The van der Waals surface area contributed by atoms with Gasteiger partial charge in [-0.25, -0.2) is 9.18 Å². The number of thioether (sulfide) groups is 1. The van der Waals surface area contributed by atoms with Crippen molar-refractivity contribution in [1.29, 1.82) is 0 Å². The summed E-state index contributed by atoms with van der Waals surface area (Å²) in [6.45, 7) is 1.33. The van der Waals surface area contributed by atoms with E-state index in [2.05, 4.69) is 4.74 Å². The Bertz CT molecular complexity index is 506. The minimum atomic E-state index is -1.48. The second-order valence-corrected chi connectivity index (χ2v) is 5.24. The monoisotopic (exact) mass is 302 g/mol. The Labute approximate surface area is 119 Å². The molecule has 0 aliphatic heterocycles. The quantitative estimate of drug-likeness (QED) is 0.797. The average molecular weight is 302 g/mol. The third-order valence-electron chi connectivity index (χ3n) is 2.56. The number of esters is 1. The molecule has 2 N–H and O–H groups in total. The fraction of sp³-hybridized carbons (Fsp3) is 0.385. The zero-order chi connectivity index (χ0) is 15.3. The molecule has 0 bridgehead atoms. The van der Waals surface area contributed by atoms with E-state index < -0.39 is 24.0 Å². The molecule has 5 nitrogen and oxygen atoms in total. The lowest BCUT2D eigenvalue weighted by atomic mass is 10.0. The summed E-state index contributed by atoms with van der Waals surface area (Å²) >= 11 is 0.834. The Morgan fingerprint density at radius 2 is 2.05 bits per heavy atom. The molecule has 110 valence electrons. The largest absolute Gasteiger partial charge is 0.465 e. The maximum Gasteiger partial charge on any atom is 0.337 e. The predicted molar refractivity (Wildman–Crippen MR) is 71.8 cm³/mol. The van der Waals surface area contributed by atoms with Crippen LogP contribution in [0.5, 0.6) is 0 Å². The van der Waals surface area contributed by atoms with Gasteiger partial charge in [-0.3, -0.25) is 4.79 Å². The van der Waals surface area contributed by atoms with Crippen molar-refractivity contribution in [2.45, 2.75) is 19.1 Å². The Morgan fingerprint density at radius 1 is 1.40 bits per heavy atom. The van der Waals surface area contributed by atoms with Gasteiger partial charge < -0.3 is 14.9 Å². The Hall–Kier alpha value is -1.44. The maximum absolute atomic E-state index is 13.8. The summed E-state index contributed by atoms with van der Waals surface area (Å²) in [5.74, 6) is -1.57. The first-order valence-electron chi connectivity index (χ1n) is 5.74. The van der Waals surface area contributed by atoms with E-state index in [1.807, 2.05) is 0 Å². The lowest BCUT2D eigenvalue weighted by Crippen LogP contribution is -2.22. The molecule has 1 rings (SSSR count). The molecule has 0 heterocycles. The van der Waals surface area contributed by atoms with Gasteiger partial charge in [-0.1, -0.05) is 17.8 Å². The molecule has 0 saturated carbocycles. The van der Waals surface area contributed by atoms with Gasteiger partial charge >= 0.3 is 5.97 Å². The predicted octanol–water partition coefficient (Wildman–Crippen LogP) is 1.29. The third-order valence-corrected chi connectivity index (χ3v) is 3.48. The molecule has 0 aromatic heterocycles. The van der Waals surface area contributed by atoms with E-state index in [0.29, 0.717) is 0 Å². The number of aliphatic hydroxyl groups is 2. The van der Waals surface area contributed by atoms with Gasteiger partial charge in [0.25, 0.3) is 0 Å². The van der Waals surface area contributed by atoms with Crippen LogP contribution in [0.2, 0.25) is 0 Å². The highest BCUT2D eigenvalue weighted by molar-refractivity contribution is 8.13. The van der Waals surface area contributed by atoms with Crippen molar-refractivity contribution in [3.05, 3.63) is 35.1 Å². The molecule has 20 heavy (non-hydrogen) atoms. The van der Waals surface area contributed by atoms with Gasteiger partial charge in [0, 0.05) is 18.2 Å². The van der Waals surface area contributed by atoms with E-state index >= 15 is 0 Å². The first kappa shape index (κ1) is 16.6. The molecule has 2 atom stereocenters. The second-order valence-electron chi connectivity index (χ2n) is 4.04. The third kappa shape index (κ3) is 4.29. The Balaban J connectivity index is 2.85. The van der Waals surface area contributed by atoms with Gasteiger partial charge in [0.15, 0.2) is 5.12 Å². The van der Waals surface area contributed by atoms with Crippen LogP contribution in [0, 0.1) is 5.82 Å². The van der Waals surface area contributed by atoms with Crippen LogP contribution < -0.4 is 0 Å². The van der Waals surface area contributed by atoms with Crippen LogP contribution in [-0.4, -0.2) is 40.3 Å². The fourth-order valence-corrected chi connectivity index (χ4v) is 2.10. The van der Waals surface area contributed by atoms with Crippen molar-refractivity contribution in [3.63, 3.8) is 0 Å². The maximum atomic E-state index is 13.8. The lowest BCUT2D eigenvalue weighted by molar-refractivity contribution is -0.109. The summed E-state index contributed by atoms with van der Waals surface area (Å²) in [5, 5.41) is 19.3. The molecule has 1 aromatic carbocycles. The van der Waals surface area contributed by atoms with E-state index in [-0.39, 0.29) is 22.0 Å². The minimum absolute atomic E-state index is 0.00792. The molecular weight excluding hydrogens is 287 g/mol. The van der Waals surface area contributed by atoms with Gasteiger partial charge in [0.05, 0.1) is 18.8 Å². The number of hydrogen-bond acceptors (Lipinski definition) is 6. The molecule has 1 aromatic rings. The van der Waals surface area contributed by atoms with E-state index in [4.69, 9.17) is 0 Å². The lowest BCUT2D eigenvalue weighted by Gasteiger charge is -2.18. The normalized spacial score (nSPS) is 13.7.